The van der Waals surface area contributed by atoms with Gasteiger partial charge in [-0.15, -0.1) is 0 Å². The van der Waals surface area contributed by atoms with E-state index in [0.29, 0.717) is 16.6 Å². The Morgan fingerprint density at radius 3 is 2.10 bits per heavy atom. The molecule has 2 aromatic rings. The first-order valence-corrected chi connectivity index (χ1v) is 12.0. The zero-order valence-corrected chi connectivity index (χ0v) is 17.9. The van der Waals surface area contributed by atoms with Crippen molar-refractivity contribution < 1.29 is 40.4 Å². The van der Waals surface area contributed by atoms with Gasteiger partial charge >= 0.3 is 11.7 Å². The van der Waals surface area contributed by atoms with Crippen LogP contribution >= 0.6 is 0 Å². The lowest BCUT2D eigenvalue weighted by molar-refractivity contribution is -0.0517. The molecule has 6 nitrogen and oxygen atoms in total. The second-order valence-electron chi connectivity index (χ2n) is 6.63. The normalized spacial score (nSPS) is 15.0. The zero-order chi connectivity index (χ0) is 22.5. The van der Waals surface area contributed by atoms with Gasteiger partial charge in [0.1, 0.15) is 17.3 Å². The molecule has 0 aliphatic carbocycles. The highest BCUT2D eigenvalue weighted by atomic mass is 32.2. The topological polar surface area (TPSA) is 92.7 Å². The Balaban J connectivity index is 0.000000343. The molecule has 1 heterocycles. The Morgan fingerprint density at radius 1 is 1.07 bits per heavy atom. The Hall–Kier alpha value is -1.98. The highest BCUT2D eigenvalue weighted by Gasteiger charge is 2.37. The van der Waals surface area contributed by atoms with Gasteiger partial charge in [0, 0.05) is 21.7 Å². The lowest BCUT2D eigenvalue weighted by Gasteiger charge is -2.12. The Labute approximate surface area is 175 Å². The van der Waals surface area contributed by atoms with E-state index >= 15 is 0 Å². The molecular formula is C19H21F3O6S2. The van der Waals surface area contributed by atoms with E-state index in [1.54, 1.807) is 0 Å². The first kappa shape index (κ1) is 24.3. The van der Waals surface area contributed by atoms with Crippen molar-refractivity contribution >= 4 is 37.9 Å². The van der Waals surface area contributed by atoms with Crippen molar-refractivity contribution in [1.29, 1.82) is 0 Å². The molecule has 0 radical (unpaired) electrons. The highest BCUT2D eigenvalue weighted by molar-refractivity contribution is 7.97. The third kappa shape index (κ3) is 6.51. The maximum atomic E-state index is 11.8. The van der Waals surface area contributed by atoms with E-state index in [9.17, 15) is 18.0 Å². The van der Waals surface area contributed by atoms with Crippen LogP contribution in [0.1, 0.15) is 26.7 Å². The van der Waals surface area contributed by atoms with Crippen LogP contribution in [0, 0.1) is 0 Å². The van der Waals surface area contributed by atoms with Crippen LogP contribution in [0.5, 0.6) is 5.75 Å². The predicted molar refractivity (Wildman–Crippen MR) is 107 cm³/mol. The fourth-order valence-electron chi connectivity index (χ4n) is 2.77. The number of hydrogen-bond acceptors (Lipinski definition) is 6. The van der Waals surface area contributed by atoms with E-state index in [1.165, 1.54) is 34.6 Å². The van der Waals surface area contributed by atoms with Gasteiger partial charge in [0.05, 0.1) is 6.10 Å². The Bertz CT molecular complexity index is 983. The van der Waals surface area contributed by atoms with Crippen LogP contribution in [0.4, 0.5) is 18.0 Å². The molecule has 0 saturated carbocycles. The van der Waals surface area contributed by atoms with Crippen molar-refractivity contribution in [2.45, 2.75) is 43.2 Å². The summed E-state index contributed by atoms with van der Waals surface area (Å²) in [5.41, 5.74) is -5.65. The average molecular weight is 466 g/mol. The summed E-state index contributed by atoms with van der Waals surface area (Å²) in [7, 11) is -5.76. The number of rotatable bonds is 3. The molecule has 3 rings (SSSR count). The number of halogens is 3. The number of carbonyl (C=O) groups is 1. The van der Waals surface area contributed by atoms with Crippen molar-refractivity contribution in [3.63, 3.8) is 0 Å². The second-order valence-corrected chi connectivity index (χ2v) is 10.2. The van der Waals surface area contributed by atoms with E-state index in [-0.39, 0.29) is 6.10 Å². The second kappa shape index (κ2) is 9.88. The first-order valence-electron chi connectivity index (χ1n) is 9.00. The number of ether oxygens (including phenoxy) is 2. The van der Waals surface area contributed by atoms with E-state index in [1.807, 2.05) is 38.1 Å². The van der Waals surface area contributed by atoms with Gasteiger partial charge in [-0.25, -0.2) is 13.2 Å². The number of hydrogen-bond donors (Lipinski definition) is 0. The summed E-state index contributed by atoms with van der Waals surface area (Å²) in [4.78, 5) is 13.2. The summed E-state index contributed by atoms with van der Waals surface area (Å²) >= 11 is 0. The van der Waals surface area contributed by atoms with Crippen LogP contribution in [-0.4, -0.2) is 42.2 Å². The molecule has 0 aromatic heterocycles. The number of alkyl halides is 3. The van der Waals surface area contributed by atoms with E-state index in [4.69, 9.17) is 22.4 Å². The SMILES string of the molecule is CC(C)OC(=O)Oc1ccc([S+]2CCCC2)c2ccccc12.O=S(=O)([O-])C(F)(F)F. The number of benzene rings is 2. The molecule has 0 atom stereocenters. The molecule has 30 heavy (non-hydrogen) atoms. The first-order chi connectivity index (χ1) is 13.9. The number of carbonyl (C=O) groups excluding carboxylic acids is 1. The predicted octanol–water partition coefficient (Wildman–Crippen LogP) is 4.59. The molecule has 0 N–H and O–H groups in total. The Kier molecular flexibility index (Phi) is 8.00. The number of fused-ring (bicyclic) bond motifs is 1. The van der Waals surface area contributed by atoms with E-state index in [0.717, 1.165) is 5.39 Å². The van der Waals surface area contributed by atoms with Crippen LogP contribution in [0.3, 0.4) is 0 Å². The van der Waals surface area contributed by atoms with Crippen molar-refractivity contribution in [2.75, 3.05) is 11.5 Å². The molecule has 2 aromatic carbocycles. The smallest absolute Gasteiger partial charge is 0.514 e. The molecule has 1 aliphatic rings. The summed E-state index contributed by atoms with van der Waals surface area (Å²) in [5, 5.41) is 2.18. The molecule has 0 amide bonds. The summed E-state index contributed by atoms with van der Waals surface area (Å²) in [6.07, 6.45) is 1.81. The Morgan fingerprint density at radius 2 is 1.60 bits per heavy atom. The largest absolute Gasteiger partial charge is 0.741 e. The third-order valence-electron chi connectivity index (χ3n) is 4.00. The van der Waals surface area contributed by atoms with Gasteiger partial charge < -0.3 is 14.0 Å². The summed E-state index contributed by atoms with van der Waals surface area (Å²) in [6, 6.07) is 12.2. The van der Waals surface area contributed by atoms with Gasteiger partial charge in [0.2, 0.25) is 0 Å². The van der Waals surface area contributed by atoms with Gasteiger partial charge in [-0.05, 0) is 44.9 Å². The molecule has 0 unspecified atom stereocenters. The van der Waals surface area contributed by atoms with Gasteiger partial charge in [-0.3, -0.25) is 0 Å². The van der Waals surface area contributed by atoms with Crippen LogP contribution in [0.15, 0.2) is 41.3 Å². The van der Waals surface area contributed by atoms with Gasteiger partial charge in [0.15, 0.2) is 15.0 Å². The zero-order valence-electron chi connectivity index (χ0n) is 16.3. The molecule has 1 aliphatic heterocycles. The van der Waals surface area contributed by atoms with E-state index < -0.39 is 21.8 Å². The molecule has 1 fully saturated rings. The maximum Gasteiger partial charge on any atom is 0.514 e. The summed E-state index contributed by atoms with van der Waals surface area (Å²) < 4.78 is 69.4. The molecule has 166 valence electrons. The van der Waals surface area contributed by atoms with Crippen LogP contribution in [0.25, 0.3) is 10.8 Å². The van der Waals surface area contributed by atoms with E-state index in [2.05, 4.69) is 12.1 Å². The monoisotopic (exact) mass is 466 g/mol. The van der Waals surface area contributed by atoms with Crippen LogP contribution < -0.4 is 4.74 Å². The van der Waals surface area contributed by atoms with Crippen LogP contribution in [-0.2, 0) is 25.7 Å². The third-order valence-corrected chi connectivity index (χ3v) is 7.10. The summed E-state index contributed by atoms with van der Waals surface area (Å²) in [6.45, 7) is 3.62. The molecular weight excluding hydrogens is 445 g/mol. The molecule has 1 saturated heterocycles. The van der Waals surface area contributed by atoms with Gasteiger partial charge in [-0.2, -0.15) is 13.2 Å². The fourth-order valence-corrected chi connectivity index (χ4v) is 5.26. The fraction of sp³-hybridized carbons (Fsp3) is 0.421. The van der Waals surface area contributed by atoms with Gasteiger partial charge in [-0.1, -0.05) is 18.2 Å². The summed E-state index contributed by atoms with van der Waals surface area (Å²) in [5.74, 6) is 3.13. The van der Waals surface area contributed by atoms with Crippen molar-refractivity contribution in [3.05, 3.63) is 36.4 Å². The molecule has 11 heteroatoms. The standard InChI is InChI=1S/C18H21O3S.CHF3O3S/c1-13(2)20-18(19)21-16-9-10-17(22-11-5-6-12-22)15-8-4-3-7-14(15)16;2-1(3,4)8(5,6)7/h3-4,7-10,13H,5-6,11-12H2,1-2H3;(H,5,6,7)/q+1;/p-1. The lowest BCUT2D eigenvalue weighted by atomic mass is 10.1. The average Bonchev–Trinajstić information content (AvgIpc) is 3.14. The van der Waals surface area contributed by atoms with Crippen molar-refractivity contribution in [2.24, 2.45) is 0 Å². The van der Waals surface area contributed by atoms with Gasteiger partial charge in [0.25, 0.3) is 0 Å². The minimum Gasteiger partial charge on any atom is -0.741 e. The quantitative estimate of drug-likeness (QED) is 0.216. The van der Waals surface area contributed by atoms with Crippen molar-refractivity contribution in [3.8, 4) is 5.75 Å². The minimum atomic E-state index is -6.09. The highest BCUT2D eigenvalue weighted by Crippen LogP contribution is 2.34. The minimum absolute atomic E-state index is 0.182. The van der Waals surface area contributed by atoms with Crippen LogP contribution in [0.2, 0.25) is 0 Å². The molecule has 0 spiro atoms. The molecule has 0 bridgehead atoms. The maximum absolute atomic E-state index is 11.8. The lowest BCUT2D eigenvalue weighted by Crippen LogP contribution is -2.21. The van der Waals surface area contributed by atoms with Crippen molar-refractivity contribution in [1.82, 2.24) is 0 Å².